The number of hydrogen-bond donors (Lipinski definition) is 0. The molecule has 2 aromatic rings. The van der Waals surface area contributed by atoms with Gasteiger partial charge in [0.2, 0.25) is 11.4 Å². The Labute approximate surface area is 183 Å². The van der Waals surface area contributed by atoms with Gasteiger partial charge in [-0.2, -0.15) is 0 Å². The zero-order chi connectivity index (χ0) is 21.1. The van der Waals surface area contributed by atoms with Gasteiger partial charge >= 0.3 is 26.2 Å². The van der Waals surface area contributed by atoms with E-state index in [4.69, 9.17) is 0 Å². The molecular weight excluding hydrogens is 399 g/mol. The van der Waals surface area contributed by atoms with Crippen molar-refractivity contribution in [3.05, 3.63) is 88.5 Å². The summed E-state index contributed by atoms with van der Waals surface area (Å²) >= 11 is 1.62. The molecule has 0 atom stereocenters. The van der Waals surface area contributed by atoms with Crippen LogP contribution in [-0.4, -0.2) is 4.70 Å². The van der Waals surface area contributed by atoms with Crippen LogP contribution in [0, 0.1) is 0 Å². The van der Waals surface area contributed by atoms with Crippen LogP contribution in [0.25, 0.3) is 16.9 Å². The first kappa shape index (κ1) is 23.3. The topological polar surface area (TPSA) is 25.3 Å². The van der Waals surface area contributed by atoms with Crippen molar-refractivity contribution in [3.63, 3.8) is 0 Å². The second kappa shape index (κ2) is 12.5. The molecule has 158 valence electrons. The molecule has 3 heteroatoms. The van der Waals surface area contributed by atoms with E-state index in [1.807, 2.05) is 12.2 Å². The zero-order valence-electron chi connectivity index (χ0n) is 18.2. The van der Waals surface area contributed by atoms with Crippen molar-refractivity contribution in [1.82, 2.24) is 0 Å². The normalized spacial score (nSPS) is 13.0. The molecule has 0 aromatic heterocycles. The summed E-state index contributed by atoms with van der Waals surface area (Å²) in [6.45, 7) is 4.42. The Bertz CT molecular complexity index is 795. The van der Waals surface area contributed by atoms with Gasteiger partial charge in [0.1, 0.15) is 0 Å². The molecule has 2 nitrogen and oxygen atoms in total. The van der Waals surface area contributed by atoms with Crippen LogP contribution in [0.2, 0.25) is 11.8 Å². The van der Waals surface area contributed by atoms with E-state index in [-0.39, 0.29) is 0 Å². The molecular formula is C26H34N2Ni. The summed E-state index contributed by atoms with van der Waals surface area (Å²) in [6, 6.07) is 17.0. The molecule has 1 aliphatic rings. The Balaban J connectivity index is 0.000000941. The zero-order valence-corrected chi connectivity index (χ0v) is 19.2. The first-order valence-electron chi connectivity index (χ1n) is 10.5. The number of unbranched alkanes of at least 4 members (excludes halogenated alkanes) is 2. The molecule has 0 fully saturated rings. The van der Waals surface area contributed by atoms with Crippen LogP contribution in [0.1, 0.15) is 61.8 Å². The van der Waals surface area contributed by atoms with E-state index in [1.165, 1.54) is 41.5 Å². The molecule has 0 unspecified atom stereocenters. The average Bonchev–Trinajstić information content (AvgIpc) is 3.13. The SMILES string of the molecule is CCCCc1cccc(C2=CC=C(c3cccc(CCCC)c3)[N+]2=[N-])c1.[CH3][Ni][CH3]. The maximum absolute atomic E-state index is 10.8. The summed E-state index contributed by atoms with van der Waals surface area (Å²) in [5.41, 5.74) is 17.3. The molecule has 1 heterocycles. The molecule has 0 saturated heterocycles. The summed E-state index contributed by atoms with van der Waals surface area (Å²) in [4.78, 5) is 0. The number of aryl methyl sites for hydroxylation is 2. The molecule has 0 amide bonds. The van der Waals surface area contributed by atoms with Gasteiger partial charge in [-0.15, -0.1) is 0 Å². The molecule has 0 aliphatic carbocycles. The minimum absolute atomic E-state index is 0.845. The fourth-order valence-electron chi connectivity index (χ4n) is 3.40. The van der Waals surface area contributed by atoms with Gasteiger partial charge in [-0.25, -0.2) is 4.70 Å². The molecule has 2 aromatic carbocycles. The standard InChI is InChI=1S/C24H28N2.2CH3.Ni/c1-3-5-9-19-11-7-13-21(17-19)23-15-16-24(26(23)25)22-14-8-12-20(18-22)10-6-4-2;;;/h7-8,11-18H,3-6,9-10H2,1-2H3;2*1H3;. The summed E-state index contributed by atoms with van der Waals surface area (Å²) in [5, 5.41) is 0. The van der Waals surface area contributed by atoms with Crippen LogP contribution < -0.4 is 0 Å². The summed E-state index contributed by atoms with van der Waals surface area (Å²) < 4.78 is 1.33. The van der Waals surface area contributed by atoms with E-state index in [2.05, 4.69) is 74.2 Å². The van der Waals surface area contributed by atoms with Gasteiger partial charge in [0.15, 0.2) is 0 Å². The van der Waals surface area contributed by atoms with Gasteiger partial charge in [-0.05, 0) is 61.1 Å². The van der Waals surface area contributed by atoms with Crippen LogP contribution in [0.4, 0.5) is 0 Å². The monoisotopic (exact) mass is 432 g/mol. The Morgan fingerprint density at radius 3 is 1.55 bits per heavy atom. The molecule has 0 N–H and O–H groups in total. The van der Waals surface area contributed by atoms with Gasteiger partial charge in [-0.1, -0.05) is 51.0 Å². The van der Waals surface area contributed by atoms with Crippen LogP contribution in [0.5, 0.6) is 0 Å². The Morgan fingerprint density at radius 2 is 1.17 bits per heavy atom. The third kappa shape index (κ3) is 6.79. The average molecular weight is 433 g/mol. The molecule has 0 radical (unpaired) electrons. The predicted molar refractivity (Wildman–Crippen MR) is 121 cm³/mol. The maximum atomic E-state index is 10.8. The molecule has 1 aliphatic heterocycles. The van der Waals surface area contributed by atoms with Crippen LogP contribution in [-0.2, 0) is 27.3 Å². The second-order valence-corrected chi connectivity index (χ2v) is 8.33. The van der Waals surface area contributed by atoms with E-state index in [0.717, 1.165) is 35.4 Å². The summed E-state index contributed by atoms with van der Waals surface area (Å²) in [6.07, 6.45) is 11.0. The third-order valence-electron chi connectivity index (χ3n) is 4.94. The van der Waals surface area contributed by atoms with E-state index in [0.29, 0.717) is 0 Å². The summed E-state index contributed by atoms with van der Waals surface area (Å²) in [7, 11) is 0. The van der Waals surface area contributed by atoms with E-state index >= 15 is 0 Å². The van der Waals surface area contributed by atoms with Gasteiger partial charge in [0.05, 0.1) is 0 Å². The van der Waals surface area contributed by atoms with E-state index in [1.54, 1.807) is 14.4 Å². The first-order chi connectivity index (χ1) is 14.1. The quantitative estimate of drug-likeness (QED) is 0.298. The number of benzene rings is 2. The van der Waals surface area contributed by atoms with Crippen molar-refractivity contribution in [2.45, 2.75) is 64.2 Å². The van der Waals surface area contributed by atoms with Crippen molar-refractivity contribution >= 4 is 11.4 Å². The van der Waals surface area contributed by atoms with E-state index in [9.17, 15) is 5.53 Å². The van der Waals surface area contributed by atoms with Gasteiger partial charge in [-0.3, -0.25) is 0 Å². The van der Waals surface area contributed by atoms with Gasteiger partial charge in [0, 0.05) is 23.3 Å². The number of allylic oxidation sites excluding steroid dienone is 2. The Hall–Kier alpha value is -1.99. The van der Waals surface area contributed by atoms with Crippen LogP contribution >= 0.6 is 0 Å². The van der Waals surface area contributed by atoms with Crippen molar-refractivity contribution < 1.29 is 19.1 Å². The van der Waals surface area contributed by atoms with Gasteiger partial charge < -0.3 is 5.53 Å². The molecule has 29 heavy (non-hydrogen) atoms. The second-order valence-electron chi connectivity index (χ2n) is 7.34. The fraction of sp³-hybridized carbons (Fsp3) is 0.385. The van der Waals surface area contributed by atoms with Crippen molar-refractivity contribution in [3.8, 4) is 0 Å². The minimum atomic E-state index is 0.845. The number of rotatable bonds is 8. The van der Waals surface area contributed by atoms with Crippen LogP contribution in [0.15, 0.2) is 60.7 Å². The predicted octanol–water partition coefficient (Wildman–Crippen LogP) is 7.97. The molecule has 0 spiro atoms. The van der Waals surface area contributed by atoms with E-state index < -0.39 is 0 Å². The van der Waals surface area contributed by atoms with Crippen LogP contribution in [0.3, 0.4) is 0 Å². The Kier molecular flexibility index (Phi) is 10.1. The third-order valence-corrected chi connectivity index (χ3v) is 4.94. The molecule has 3 rings (SSSR count). The fourth-order valence-corrected chi connectivity index (χ4v) is 3.40. The summed E-state index contributed by atoms with van der Waals surface area (Å²) in [5.74, 6) is 4.12. The number of nitrogens with zero attached hydrogens (tertiary/aromatic N) is 2. The van der Waals surface area contributed by atoms with Crippen molar-refractivity contribution in [2.75, 3.05) is 0 Å². The first-order valence-corrected chi connectivity index (χ1v) is 12.4. The number of hydrogen-bond acceptors (Lipinski definition) is 0. The molecule has 0 bridgehead atoms. The van der Waals surface area contributed by atoms with Crippen molar-refractivity contribution in [2.24, 2.45) is 0 Å². The molecule has 0 saturated carbocycles. The Morgan fingerprint density at radius 1 is 0.759 bits per heavy atom. The van der Waals surface area contributed by atoms with Gasteiger partial charge in [0.25, 0.3) is 0 Å². The van der Waals surface area contributed by atoms with Crippen molar-refractivity contribution in [1.29, 1.82) is 0 Å².